The van der Waals surface area contributed by atoms with Gasteiger partial charge in [0.05, 0.1) is 21.3 Å². The Bertz CT molecular complexity index is 933. The molecule has 0 aliphatic heterocycles. The molecule has 3 rings (SSSR count). The first-order valence-corrected chi connectivity index (χ1v) is 10.9. The van der Waals surface area contributed by atoms with Gasteiger partial charge in [0.15, 0.2) is 0 Å². The van der Waals surface area contributed by atoms with Crippen molar-refractivity contribution < 1.29 is 36.4 Å². The van der Waals surface area contributed by atoms with Crippen molar-refractivity contribution in [3.8, 4) is 17.2 Å². The number of carbonyl (C=O) groups is 1. The molecular weight excluding hydrogens is 445 g/mol. The summed E-state index contributed by atoms with van der Waals surface area (Å²) in [5.74, 6) is -0.758. The first-order chi connectivity index (χ1) is 15.2. The maximum atomic E-state index is 13.4. The van der Waals surface area contributed by atoms with Crippen molar-refractivity contribution in [3.05, 3.63) is 72.8 Å². The third-order valence-corrected chi connectivity index (χ3v) is 7.82. The summed E-state index contributed by atoms with van der Waals surface area (Å²) in [7, 11) is 1.31. The van der Waals surface area contributed by atoms with Crippen molar-refractivity contribution in [1.82, 2.24) is 0 Å². The normalized spacial score (nSPS) is 12.1. The molecule has 0 saturated heterocycles. The molecular formula is C23H21F3O5S. The van der Waals surface area contributed by atoms with Gasteiger partial charge in [0.1, 0.15) is 17.2 Å². The van der Waals surface area contributed by atoms with E-state index in [-0.39, 0.29) is 0 Å². The Morgan fingerprint density at radius 1 is 0.625 bits per heavy atom. The topological polar surface area (TPSA) is 54.0 Å². The van der Waals surface area contributed by atoms with Crippen LogP contribution in [0.15, 0.2) is 87.5 Å². The zero-order valence-corrected chi connectivity index (χ0v) is 18.3. The Labute approximate surface area is 185 Å². The van der Waals surface area contributed by atoms with Crippen molar-refractivity contribution >= 4 is 16.3 Å². The Morgan fingerprint density at radius 3 is 1.12 bits per heavy atom. The lowest BCUT2D eigenvalue weighted by molar-refractivity contribution is -0.188. The number of methoxy groups -OCH3 is 3. The minimum atomic E-state index is -5.18. The molecule has 0 unspecified atom stereocenters. The van der Waals surface area contributed by atoms with E-state index < -0.39 is 22.5 Å². The van der Waals surface area contributed by atoms with Crippen LogP contribution < -0.4 is 14.2 Å². The smallest absolute Gasteiger partial charge is 0.491 e. The van der Waals surface area contributed by atoms with Crippen LogP contribution >= 0.6 is 10.3 Å². The van der Waals surface area contributed by atoms with E-state index in [4.69, 9.17) is 18.4 Å². The molecule has 0 spiro atoms. The van der Waals surface area contributed by atoms with E-state index in [1.54, 1.807) is 72.8 Å². The first-order valence-electron chi connectivity index (χ1n) is 9.31. The molecule has 0 bridgehead atoms. The molecule has 0 fully saturated rings. The van der Waals surface area contributed by atoms with E-state index in [1.807, 2.05) is 0 Å². The molecule has 0 aliphatic carbocycles. The Morgan fingerprint density at radius 2 is 0.906 bits per heavy atom. The molecule has 0 amide bonds. The van der Waals surface area contributed by atoms with Crippen LogP contribution in [0.5, 0.6) is 17.2 Å². The zero-order chi connectivity index (χ0) is 23.4. The molecule has 0 aromatic heterocycles. The standard InChI is InChI=1S/C23H21F3O5S/c1-28-16-4-10-19(11-5-16)32(31-22(27)23(24,25)26,20-12-6-17(29-2)7-13-20)21-14-8-18(30-3)9-15-21/h4-15H,1-3H3. The summed E-state index contributed by atoms with van der Waals surface area (Å²) in [4.78, 5) is 13.3. The first kappa shape index (κ1) is 23.3. The summed E-state index contributed by atoms with van der Waals surface area (Å²) in [6.45, 7) is 0. The van der Waals surface area contributed by atoms with E-state index in [9.17, 15) is 18.0 Å². The third-order valence-electron chi connectivity index (χ3n) is 4.61. The zero-order valence-electron chi connectivity index (χ0n) is 17.5. The summed E-state index contributed by atoms with van der Waals surface area (Å²) in [5.41, 5.74) is 0. The van der Waals surface area contributed by atoms with Gasteiger partial charge in [0, 0.05) is 14.7 Å². The van der Waals surface area contributed by atoms with Gasteiger partial charge in [-0.25, -0.2) is 4.79 Å². The maximum absolute atomic E-state index is 13.4. The summed E-state index contributed by atoms with van der Waals surface area (Å²) in [6, 6.07) is 19.2. The fraction of sp³-hybridized carbons (Fsp3) is 0.174. The second-order valence-corrected chi connectivity index (χ2v) is 9.14. The number of hydrogen-bond donors (Lipinski definition) is 0. The Hall–Kier alpha value is -3.33. The van der Waals surface area contributed by atoms with Crippen LogP contribution in [0.2, 0.25) is 0 Å². The highest BCUT2D eigenvalue weighted by molar-refractivity contribution is 8.30. The van der Waals surface area contributed by atoms with Crippen LogP contribution in [-0.4, -0.2) is 33.5 Å². The SMILES string of the molecule is COc1ccc(S(OC(=O)C(F)(F)F)(c2ccc(OC)cc2)c2ccc(OC)cc2)cc1. The molecule has 0 N–H and O–H groups in total. The van der Waals surface area contributed by atoms with Crippen LogP contribution in [-0.2, 0) is 8.98 Å². The highest BCUT2D eigenvalue weighted by Gasteiger charge is 2.47. The van der Waals surface area contributed by atoms with Crippen LogP contribution in [0.4, 0.5) is 13.2 Å². The number of carbonyl (C=O) groups excluding carboxylic acids is 1. The molecule has 3 aromatic rings. The summed E-state index contributed by atoms with van der Waals surface area (Å²) < 4.78 is 61.0. The maximum Gasteiger partial charge on any atom is 0.491 e. The summed E-state index contributed by atoms with van der Waals surface area (Å²) in [5, 5.41) is 0. The predicted octanol–water partition coefficient (Wildman–Crippen LogP) is 6.01. The molecule has 170 valence electrons. The fourth-order valence-corrected chi connectivity index (χ4v) is 6.00. The lowest BCUT2D eigenvalue weighted by Gasteiger charge is -2.40. The van der Waals surface area contributed by atoms with Crippen molar-refractivity contribution in [2.75, 3.05) is 21.3 Å². The fourth-order valence-electron chi connectivity index (χ4n) is 3.02. The van der Waals surface area contributed by atoms with Crippen LogP contribution in [0.3, 0.4) is 0 Å². The molecule has 0 saturated carbocycles. The highest BCUT2D eigenvalue weighted by Crippen LogP contribution is 2.70. The number of benzene rings is 3. The number of ether oxygens (including phenoxy) is 3. The minimum Gasteiger partial charge on any atom is -0.497 e. The van der Waals surface area contributed by atoms with Crippen LogP contribution in [0.1, 0.15) is 0 Å². The number of hydrogen-bond acceptors (Lipinski definition) is 5. The van der Waals surface area contributed by atoms with E-state index in [0.29, 0.717) is 31.9 Å². The van der Waals surface area contributed by atoms with Crippen molar-refractivity contribution in [2.45, 2.75) is 20.9 Å². The average molecular weight is 466 g/mol. The monoisotopic (exact) mass is 466 g/mol. The quantitative estimate of drug-likeness (QED) is 0.427. The predicted molar refractivity (Wildman–Crippen MR) is 114 cm³/mol. The molecule has 0 heterocycles. The van der Waals surface area contributed by atoms with Crippen LogP contribution in [0, 0.1) is 0 Å². The molecule has 9 heteroatoms. The second kappa shape index (κ2) is 9.44. The second-order valence-electron chi connectivity index (χ2n) is 6.45. The van der Waals surface area contributed by atoms with Gasteiger partial charge >= 0.3 is 12.1 Å². The van der Waals surface area contributed by atoms with E-state index in [0.717, 1.165) is 0 Å². The van der Waals surface area contributed by atoms with Gasteiger partial charge in [-0.15, -0.1) is 0 Å². The Kier molecular flexibility index (Phi) is 6.88. The van der Waals surface area contributed by atoms with Crippen molar-refractivity contribution in [2.24, 2.45) is 0 Å². The van der Waals surface area contributed by atoms with Gasteiger partial charge in [-0.3, -0.25) is 0 Å². The number of alkyl halides is 3. The van der Waals surface area contributed by atoms with Crippen molar-refractivity contribution in [3.63, 3.8) is 0 Å². The van der Waals surface area contributed by atoms with Crippen LogP contribution in [0.25, 0.3) is 0 Å². The molecule has 32 heavy (non-hydrogen) atoms. The van der Waals surface area contributed by atoms with Gasteiger partial charge in [-0.2, -0.15) is 13.2 Å². The number of rotatable bonds is 7. The largest absolute Gasteiger partial charge is 0.497 e. The van der Waals surface area contributed by atoms with E-state index >= 15 is 0 Å². The third kappa shape index (κ3) is 4.62. The minimum absolute atomic E-state index is 0.381. The van der Waals surface area contributed by atoms with E-state index in [2.05, 4.69) is 0 Å². The number of halogens is 3. The summed E-state index contributed by atoms with van der Waals surface area (Å²) >= 11 is 0. The average Bonchev–Trinajstić information content (AvgIpc) is 2.82. The lowest BCUT2D eigenvalue weighted by Crippen LogP contribution is -2.27. The van der Waals surface area contributed by atoms with Gasteiger partial charge in [-0.1, -0.05) is 0 Å². The lowest BCUT2D eigenvalue weighted by atomic mass is 10.3. The van der Waals surface area contributed by atoms with Gasteiger partial charge in [0.25, 0.3) is 0 Å². The molecule has 5 nitrogen and oxygen atoms in total. The Balaban J connectivity index is 2.31. The summed E-state index contributed by atoms with van der Waals surface area (Å²) in [6.07, 6.45) is -5.18. The van der Waals surface area contributed by atoms with Gasteiger partial charge in [0.2, 0.25) is 0 Å². The van der Waals surface area contributed by atoms with Crippen molar-refractivity contribution in [1.29, 1.82) is 0 Å². The molecule has 0 radical (unpaired) electrons. The van der Waals surface area contributed by atoms with E-state index in [1.165, 1.54) is 21.3 Å². The van der Waals surface area contributed by atoms with Gasteiger partial charge < -0.3 is 18.4 Å². The van der Waals surface area contributed by atoms with Gasteiger partial charge in [-0.05, 0) is 83.1 Å². The molecule has 0 atom stereocenters. The molecule has 3 aromatic carbocycles. The highest BCUT2D eigenvalue weighted by atomic mass is 32.3. The molecule has 0 aliphatic rings.